The van der Waals surface area contributed by atoms with Crippen LogP contribution in [0, 0.1) is 0 Å². The molecule has 3 aromatic rings. The van der Waals surface area contributed by atoms with Crippen molar-refractivity contribution >= 4 is 11.7 Å². The number of rotatable bonds is 2. The highest BCUT2D eigenvalue weighted by atomic mass is 16.2. The van der Waals surface area contributed by atoms with Crippen molar-refractivity contribution in [3.05, 3.63) is 78.6 Å². The Labute approximate surface area is 146 Å². The molecule has 0 fully saturated rings. The Morgan fingerprint density at radius 2 is 1.44 bits per heavy atom. The molecule has 2 aromatic carbocycles. The number of benzene rings is 2. The van der Waals surface area contributed by atoms with E-state index >= 15 is 0 Å². The quantitative estimate of drug-likeness (QED) is 0.707. The lowest BCUT2D eigenvalue weighted by molar-refractivity contribution is -0.116. The van der Waals surface area contributed by atoms with E-state index in [-0.39, 0.29) is 5.91 Å². The zero-order chi connectivity index (χ0) is 17.2. The summed E-state index contributed by atoms with van der Waals surface area (Å²) in [5, 5.41) is 0. The van der Waals surface area contributed by atoms with Gasteiger partial charge in [-0.3, -0.25) is 9.69 Å². The van der Waals surface area contributed by atoms with E-state index in [4.69, 9.17) is 9.97 Å². The van der Waals surface area contributed by atoms with Crippen molar-refractivity contribution in [3.8, 4) is 22.5 Å². The van der Waals surface area contributed by atoms with E-state index in [0.29, 0.717) is 12.2 Å². The molecule has 1 aromatic heterocycles. The smallest absolute Gasteiger partial charge is 0.229 e. The molecule has 122 valence electrons. The lowest BCUT2D eigenvalue weighted by atomic mass is 10.0. The standard InChI is InChI=1S/C21H17N3O/c1-15(25)24-14-8-13-18-21(24)23-20(17-11-6-3-7-12-17)19(22-18)16-9-4-2-5-10-16/h2-12,14H,13H2,1H3. The fraction of sp³-hybridized carbons (Fsp3) is 0.0952. The van der Waals surface area contributed by atoms with Gasteiger partial charge in [0.1, 0.15) is 0 Å². The van der Waals surface area contributed by atoms with Crippen LogP contribution in [-0.4, -0.2) is 15.9 Å². The van der Waals surface area contributed by atoms with Gasteiger partial charge in [0.25, 0.3) is 0 Å². The van der Waals surface area contributed by atoms with Crippen LogP contribution in [0.1, 0.15) is 12.6 Å². The third kappa shape index (κ3) is 2.83. The Bertz CT molecular complexity index is 950. The van der Waals surface area contributed by atoms with E-state index in [1.165, 1.54) is 6.92 Å². The maximum atomic E-state index is 12.0. The fourth-order valence-electron chi connectivity index (χ4n) is 2.98. The summed E-state index contributed by atoms with van der Waals surface area (Å²) in [6.45, 7) is 1.54. The van der Waals surface area contributed by atoms with Crippen molar-refractivity contribution in [1.29, 1.82) is 0 Å². The molecule has 0 unspecified atom stereocenters. The molecule has 4 heteroatoms. The predicted octanol–water partition coefficient (Wildman–Crippen LogP) is 4.23. The van der Waals surface area contributed by atoms with E-state index in [1.807, 2.05) is 66.7 Å². The molecule has 0 saturated heterocycles. The number of aromatic nitrogens is 2. The average Bonchev–Trinajstić information content (AvgIpc) is 2.67. The Hall–Kier alpha value is -3.27. The second-order valence-electron chi connectivity index (χ2n) is 5.90. The van der Waals surface area contributed by atoms with Crippen LogP contribution in [0.25, 0.3) is 22.5 Å². The first-order valence-corrected chi connectivity index (χ1v) is 8.22. The Morgan fingerprint density at radius 1 is 0.880 bits per heavy atom. The second-order valence-corrected chi connectivity index (χ2v) is 5.90. The highest BCUT2D eigenvalue weighted by Gasteiger charge is 2.23. The normalized spacial score (nSPS) is 12.8. The van der Waals surface area contributed by atoms with Crippen LogP contribution in [0.2, 0.25) is 0 Å². The summed E-state index contributed by atoms with van der Waals surface area (Å²) in [5.41, 5.74) is 4.43. The molecular weight excluding hydrogens is 310 g/mol. The SMILES string of the molecule is CC(=O)N1C=CCc2nc(-c3ccccc3)c(-c3ccccc3)nc21. The van der Waals surface area contributed by atoms with Gasteiger partial charge in [-0.25, -0.2) is 9.97 Å². The fourth-order valence-corrected chi connectivity index (χ4v) is 2.98. The number of fused-ring (bicyclic) bond motifs is 1. The zero-order valence-corrected chi connectivity index (χ0v) is 13.9. The molecule has 0 N–H and O–H groups in total. The topological polar surface area (TPSA) is 46.1 Å². The van der Waals surface area contributed by atoms with Gasteiger partial charge in [0.2, 0.25) is 5.91 Å². The maximum Gasteiger partial charge on any atom is 0.229 e. The summed E-state index contributed by atoms with van der Waals surface area (Å²) in [6.07, 6.45) is 4.38. The van der Waals surface area contributed by atoms with Gasteiger partial charge in [-0.15, -0.1) is 0 Å². The lowest BCUT2D eigenvalue weighted by Gasteiger charge is -2.23. The number of carbonyl (C=O) groups excluding carboxylic acids is 1. The van der Waals surface area contributed by atoms with E-state index in [0.717, 1.165) is 28.2 Å². The Balaban J connectivity index is 1.97. The van der Waals surface area contributed by atoms with Gasteiger partial charge >= 0.3 is 0 Å². The molecule has 0 saturated carbocycles. The monoisotopic (exact) mass is 327 g/mol. The lowest BCUT2D eigenvalue weighted by Crippen LogP contribution is -2.27. The summed E-state index contributed by atoms with van der Waals surface area (Å²) in [4.78, 5) is 23.3. The van der Waals surface area contributed by atoms with E-state index in [9.17, 15) is 4.79 Å². The van der Waals surface area contributed by atoms with Crippen molar-refractivity contribution in [2.45, 2.75) is 13.3 Å². The second kappa shape index (κ2) is 6.32. The molecule has 1 amide bonds. The van der Waals surface area contributed by atoms with Crippen LogP contribution >= 0.6 is 0 Å². The first-order chi connectivity index (χ1) is 12.2. The molecule has 0 aliphatic carbocycles. The number of hydrogen-bond donors (Lipinski definition) is 0. The summed E-state index contributed by atoms with van der Waals surface area (Å²) in [5.74, 6) is 0.548. The first-order valence-electron chi connectivity index (χ1n) is 8.22. The highest BCUT2D eigenvalue weighted by Crippen LogP contribution is 2.34. The van der Waals surface area contributed by atoms with Gasteiger partial charge in [0, 0.05) is 30.7 Å². The number of anilines is 1. The van der Waals surface area contributed by atoms with Crippen LogP contribution in [0.5, 0.6) is 0 Å². The molecule has 2 heterocycles. The van der Waals surface area contributed by atoms with E-state index < -0.39 is 0 Å². The van der Waals surface area contributed by atoms with Crippen LogP contribution in [-0.2, 0) is 11.2 Å². The van der Waals surface area contributed by atoms with Crippen molar-refractivity contribution in [1.82, 2.24) is 9.97 Å². The maximum absolute atomic E-state index is 12.0. The minimum Gasteiger partial charge on any atom is -0.274 e. The van der Waals surface area contributed by atoms with Crippen molar-refractivity contribution in [3.63, 3.8) is 0 Å². The number of hydrogen-bond acceptors (Lipinski definition) is 3. The summed E-state index contributed by atoms with van der Waals surface area (Å²) < 4.78 is 0. The van der Waals surface area contributed by atoms with Gasteiger partial charge < -0.3 is 0 Å². The molecule has 4 rings (SSSR count). The highest BCUT2D eigenvalue weighted by molar-refractivity contribution is 5.94. The molecule has 0 bridgehead atoms. The summed E-state index contributed by atoms with van der Waals surface area (Å²) in [7, 11) is 0. The molecule has 0 spiro atoms. The number of allylic oxidation sites excluding steroid dienone is 1. The minimum atomic E-state index is -0.0713. The van der Waals surface area contributed by atoms with E-state index in [1.54, 1.807) is 11.1 Å². The van der Waals surface area contributed by atoms with Crippen LogP contribution in [0.15, 0.2) is 72.9 Å². The largest absolute Gasteiger partial charge is 0.274 e. The Kier molecular flexibility index (Phi) is 3.86. The van der Waals surface area contributed by atoms with Gasteiger partial charge in [-0.1, -0.05) is 66.7 Å². The Morgan fingerprint density at radius 3 is 2.00 bits per heavy atom. The summed E-state index contributed by atoms with van der Waals surface area (Å²) in [6, 6.07) is 20.0. The molecular formula is C21H17N3O. The zero-order valence-electron chi connectivity index (χ0n) is 13.9. The van der Waals surface area contributed by atoms with Crippen LogP contribution < -0.4 is 4.90 Å². The van der Waals surface area contributed by atoms with Crippen molar-refractivity contribution in [2.75, 3.05) is 4.90 Å². The minimum absolute atomic E-state index is 0.0713. The predicted molar refractivity (Wildman–Crippen MR) is 98.9 cm³/mol. The van der Waals surface area contributed by atoms with Crippen LogP contribution in [0.4, 0.5) is 5.82 Å². The van der Waals surface area contributed by atoms with Gasteiger partial charge in [0.05, 0.1) is 17.1 Å². The van der Waals surface area contributed by atoms with E-state index in [2.05, 4.69) is 0 Å². The average molecular weight is 327 g/mol. The molecule has 4 nitrogen and oxygen atoms in total. The molecule has 1 aliphatic heterocycles. The van der Waals surface area contributed by atoms with Gasteiger partial charge in [0.15, 0.2) is 5.82 Å². The number of amides is 1. The summed E-state index contributed by atoms with van der Waals surface area (Å²) >= 11 is 0. The third-order valence-corrected chi connectivity index (χ3v) is 4.17. The van der Waals surface area contributed by atoms with Gasteiger partial charge in [-0.2, -0.15) is 0 Å². The third-order valence-electron chi connectivity index (χ3n) is 4.17. The number of nitrogens with zero attached hydrogens (tertiary/aromatic N) is 3. The van der Waals surface area contributed by atoms with Crippen molar-refractivity contribution in [2.24, 2.45) is 0 Å². The van der Waals surface area contributed by atoms with Crippen LogP contribution in [0.3, 0.4) is 0 Å². The molecule has 1 aliphatic rings. The molecule has 0 atom stereocenters. The van der Waals surface area contributed by atoms with Gasteiger partial charge in [-0.05, 0) is 0 Å². The molecule has 0 radical (unpaired) electrons. The molecule has 25 heavy (non-hydrogen) atoms. The van der Waals surface area contributed by atoms with Crippen molar-refractivity contribution < 1.29 is 4.79 Å². The first kappa shape index (κ1) is 15.3. The number of carbonyl (C=O) groups is 1.